The van der Waals surface area contributed by atoms with Gasteiger partial charge in [0.15, 0.2) is 0 Å². The Labute approximate surface area is 115 Å². The molecule has 0 spiro atoms. The summed E-state index contributed by atoms with van der Waals surface area (Å²) in [6.07, 6.45) is -0.426. The van der Waals surface area contributed by atoms with Crippen LogP contribution in [-0.2, 0) is 4.74 Å². The number of hydrogen-bond acceptors (Lipinski definition) is 7. The lowest BCUT2D eigenvalue weighted by molar-refractivity contribution is -0.385. The fraction of sp³-hybridized carbons (Fsp3) is 0.500. The Morgan fingerprint density at radius 1 is 1.65 bits per heavy atom. The number of nitro groups is 1. The van der Waals surface area contributed by atoms with E-state index in [1.54, 1.807) is 6.07 Å². The van der Waals surface area contributed by atoms with Crippen molar-refractivity contribution in [3.05, 3.63) is 27.9 Å². The lowest BCUT2D eigenvalue weighted by Gasteiger charge is -2.36. The van der Waals surface area contributed by atoms with Gasteiger partial charge in [-0.1, -0.05) is 0 Å². The third-order valence-electron chi connectivity index (χ3n) is 3.02. The molecule has 8 heteroatoms. The fourth-order valence-electron chi connectivity index (χ4n) is 2.18. The number of morpholine rings is 1. The largest absolute Gasteiger partial charge is 0.394 e. The molecule has 1 aliphatic rings. The standard InChI is InChI=1S/C12H14N4O4/c1-8-5-15(6-9(7-17)20-8)12-3-2-11(16(18)19)10(4-13)14-12/h2-3,8-9,17H,5-7H2,1H3. The third-order valence-corrected chi connectivity index (χ3v) is 3.02. The maximum absolute atomic E-state index is 10.8. The van der Waals surface area contributed by atoms with Crippen molar-refractivity contribution in [3.8, 4) is 6.07 Å². The number of hydrogen-bond donors (Lipinski definition) is 1. The van der Waals surface area contributed by atoms with Crippen molar-refractivity contribution in [2.75, 3.05) is 24.6 Å². The summed E-state index contributed by atoms with van der Waals surface area (Å²) < 4.78 is 5.51. The van der Waals surface area contributed by atoms with Crippen LogP contribution in [-0.4, -0.2) is 46.9 Å². The zero-order valence-electron chi connectivity index (χ0n) is 10.9. The van der Waals surface area contributed by atoms with Gasteiger partial charge in [0.25, 0.3) is 0 Å². The summed E-state index contributed by atoms with van der Waals surface area (Å²) in [7, 11) is 0. The van der Waals surface area contributed by atoms with Crippen molar-refractivity contribution < 1.29 is 14.8 Å². The Bertz CT molecular complexity index is 557. The molecule has 0 amide bonds. The number of anilines is 1. The van der Waals surface area contributed by atoms with Crippen LogP contribution < -0.4 is 4.90 Å². The van der Waals surface area contributed by atoms with Gasteiger partial charge in [0.2, 0.25) is 5.69 Å². The molecular formula is C12H14N4O4. The molecule has 8 nitrogen and oxygen atoms in total. The van der Waals surface area contributed by atoms with E-state index in [4.69, 9.17) is 10.00 Å². The number of pyridine rings is 1. The molecule has 1 fully saturated rings. The molecule has 0 radical (unpaired) electrons. The molecule has 2 unspecified atom stereocenters. The predicted molar refractivity (Wildman–Crippen MR) is 69.2 cm³/mol. The normalized spacial score (nSPS) is 22.4. The number of aliphatic hydroxyl groups is 1. The number of rotatable bonds is 3. The Morgan fingerprint density at radius 3 is 3.00 bits per heavy atom. The topological polar surface area (TPSA) is 113 Å². The second-order valence-corrected chi connectivity index (χ2v) is 4.56. The monoisotopic (exact) mass is 278 g/mol. The first kappa shape index (κ1) is 14.2. The van der Waals surface area contributed by atoms with E-state index >= 15 is 0 Å². The summed E-state index contributed by atoms with van der Waals surface area (Å²) in [6.45, 7) is 2.73. The molecule has 1 N–H and O–H groups in total. The fourth-order valence-corrected chi connectivity index (χ4v) is 2.18. The second kappa shape index (κ2) is 5.81. The van der Waals surface area contributed by atoms with E-state index in [9.17, 15) is 15.2 Å². The van der Waals surface area contributed by atoms with Gasteiger partial charge in [0, 0.05) is 19.2 Å². The Morgan fingerprint density at radius 2 is 2.40 bits per heavy atom. The van der Waals surface area contributed by atoms with Gasteiger partial charge in [-0.2, -0.15) is 5.26 Å². The average molecular weight is 278 g/mol. The molecule has 0 aliphatic carbocycles. The molecular weight excluding hydrogens is 264 g/mol. The summed E-state index contributed by atoms with van der Waals surface area (Å²) in [6, 6.07) is 4.51. The van der Waals surface area contributed by atoms with Gasteiger partial charge in [-0.3, -0.25) is 10.1 Å². The molecule has 106 valence electrons. The van der Waals surface area contributed by atoms with Gasteiger partial charge in [0.1, 0.15) is 11.9 Å². The average Bonchev–Trinajstić information content (AvgIpc) is 2.45. The molecule has 1 aromatic heterocycles. The molecule has 2 atom stereocenters. The highest BCUT2D eigenvalue weighted by atomic mass is 16.6. The maximum Gasteiger partial charge on any atom is 0.305 e. The lowest BCUT2D eigenvalue weighted by Crippen LogP contribution is -2.48. The first-order valence-corrected chi connectivity index (χ1v) is 6.12. The van der Waals surface area contributed by atoms with Gasteiger partial charge in [-0.25, -0.2) is 4.98 Å². The predicted octanol–water partition coefficient (Wildman–Crippen LogP) is 0.447. The van der Waals surface area contributed by atoms with Gasteiger partial charge < -0.3 is 14.7 Å². The maximum atomic E-state index is 10.8. The Balaban J connectivity index is 2.29. The molecule has 0 bridgehead atoms. The smallest absolute Gasteiger partial charge is 0.305 e. The van der Waals surface area contributed by atoms with Crippen molar-refractivity contribution in [2.24, 2.45) is 0 Å². The van der Waals surface area contributed by atoms with Crippen LogP contribution >= 0.6 is 0 Å². The number of aliphatic hydroxyl groups excluding tert-OH is 1. The highest BCUT2D eigenvalue weighted by molar-refractivity contribution is 5.51. The first-order chi connectivity index (χ1) is 9.55. The minimum atomic E-state index is -0.631. The van der Waals surface area contributed by atoms with Crippen LogP contribution in [0.25, 0.3) is 0 Å². The van der Waals surface area contributed by atoms with E-state index < -0.39 is 4.92 Å². The van der Waals surface area contributed by atoms with Crippen LogP contribution in [0.2, 0.25) is 0 Å². The van der Waals surface area contributed by atoms with E-state index in [1.165, 1.54) is 12.1 Å². The molecule has 0 saturated carbocycles. The van der Waals surface area contributed by atoms with Gasteiger partial charge in [-0.15, -0.1) is 0 Å². The molecule has 2 heterocycles. The highest BCUT2D eigenvalue weighted by Gasteiger charge is 2.27. The highest BCUT2D eigenvalue weighted by Crippen LogP contribution is 2.23. The van der Waals surface area contributed by atoms with Crippen LogP contribution in [0.3, 0.4) is 0 Å². The Hall–Kier alpha value is -2.24. The van der Waals surface area contributed by atoms with Crippen LogP contribution in [0.4, 0.5) is 11.5 Å². The molecule has 1 saturated heterocycles. The van der Waals surface area contributed by atoms with Crippen LogP contribution in [0.5, 0.6) is 0 Å². The summed E-state index contributed by atoms with van der Waals surface area (Å²) in [4.78, 5) is 16.0. The molecule has 1 aliphatic heterocycles. The van der Waals surface area contributed by atoms with E-state index in [-0.39, 0.29) is 30.2 Å². The minimum absolute atomic E-state index is 0.0940. The first-order valence-electron chi connectivity index (χ1n) is 6.12. The summed E-state index contributed by atoms with van der Waals surface area (Å²) in [5, 5.41) is 28.9. The zero-order chi connectivity index (χ0) is 14.7. The summed E-state index contributed by atoms with van der Waals surface area (Å²) in [5.41, 5.74) is -0.525. The Kier molecular flexibility index (Phi) is 4.12. The van der Waals surface area contributed by atoms with Crippen molar-refractivity contribution in [2.45, 2.75) is 19.1 Å². The van der Waals surface area contributed by atoms with Gasteiger partial charge in [-0.05, 0) is 13.0 Å². The van der Waals surface area contributed by atoms with E-state index in [0.717, 1.165) is 0 Å². The number of nitrogens with zero attached hydrogens (tertiary/aromatic N) is 4. The summed E-state index contributed by atoms with van der Waals surface area (Å²) >= 11 is 0. The quantitative estimate of drug-likeness (QED) is 0.630. The number of ether oxygens (including phenoxy) is 1. The number of nitriles is 1. The molecule has 1 aromatic rings. The molecule has 2 rings (SSSR count). The number of aromatic nitrogens is 1. The van der Waals surface area contributed by atoms with Gasteiger partial charge in [0.05, 0.1) is 23.7 Å². The van der Waals surface area contributed by atoms with Crippen molar-refractivity contribution in [1.29, 1.82) is 5.26 Å². The summed E-state index contributed by atoms with van der Waals surface area (Å²) in [5.74, 6) is 0.473. The van der Waals surface area contributed by atoms with E-state index in [0.29, 0.717) is 18.9 Å². The van der Waals surface area contributed by atoms with Crippen molar-refractivity contribution in [3.63, 3.8) is 0 Å². The van der Waals surface area contributed by atoms with Crippen LogP contribution in [0.15, 0.2) is 12.1 Å². The SMILES string of the molecule is CC1CN(c2ccc([N+](=O)[O-])c(C#N)n2)CC(CO)O1. The molecule has 0 aromatic carbocycles. The zero-order valence-corrected chi connectivity index (χ0v) is 10.9. The third kappa shape index (κ3) is 2.84. The van der Waals surface area contributed by atoms with Gasteiger partial charge >= 0.3 is 5.69 Å². The molecule has 20 heavy (non-hydrogen) atoms. The van der Waals surface area contributed by atoms with E-state index in [2.05, 4.69) is 4.98 Å². The lowest BCUT2D eigenvalue weighted by atomic mass is 10.2. The minimum Gasteiger partial charge on any atom is -0.394 e. The second-order valence-electron chi connectivity index (χ2n) is 4.56. The van der Waals surface area contributed by atoms with Crippen molar-refractivity contribution in [1.82, 2.24) is 4.98 Å². The van der Waals surface area contributed by atoms with Crippen LogP contribution in [0.1, 0.15) is 12.6 Å². The van der Waals surface area contributed by atoms with Crippen LogP contribution in [0, 0.1) is 21.4 Å². The van der Waals surface area contributed by atoms with E-state index in [1.807, 2.05) is 11.8 Å². The van der Waals surface area contributed by atoms with Crippen molar-refractivity contribution >= 4 is 11.5 Å².